The second-order valence-electron chi connectivity index (χ2n) is 5.96. The van der Waals surface area contributed by atoms with Crippen molar-refractivity contribution in [2.24, 2.45) is 0 Å². The van der Waals surface area contributed by atoms with Crippen molar-refractivity contribution in [3.63, 3.8) is 0 Å². The van der Waals surface area contributed by atoms with E-state index in [1.807, 2.05) is 12.1 Å². The maximum atomic E-state index is 12.7. The van der Waals surface area contributed by atoms with Crippen LogP contribution < -0.4 is 0 Å². The maximum Gasteiger partial charge on any atom is 0.312 e. The molecule has 7 heteroatoms. The SMILES string of the molecule is O=S(=O)(OS(=O)(=O)c1cccc2ccccc12)c1ccc2ccccc2c1. The van der Waals surface area contributed by atoms with Crippen molar-refractivity contribution >= 4 is 41.8 Å². The highest BCUT2D eigenvalue weighted by molar-refractivity contribution is 8.00. The Balaban J connectivity index is 1.78. The topological polar surface area (TPSA) is 77.5 Å². The van der Waals surface area contributed by atoms with Crippen molar-refractivity contribution in [3.8, 4) is 0 Å². The molecule has 0 spiro atoms. The second-order valence-corrected chi connectivity index (χ2v) is 9.23. The first-order valence-corrected chi connectivity index (χ1v) is 10.9. The molecule has 27 heavy (non-hydrogen) atoms. The Labute approximate surface area is 157 Å². The minimum Gasteiger partial charge on any atom is -0.193 e. The van der Waals surface area contributed by atoms with Crippen molar-refractivity contribution in [1.29, 1.82) is 0 Å². The van der Waals surface area contributed by atoms with E-state index < -0.39 is 20.2 Å². The van der Waals surface area contributed by atoms with Gasteiger partial charge >= 0.3 is 20.2 Å². The zero-order chi connectivity index (χ0) is 19.1. The molecule has 4 aromatic carbocycles. The van der Waals surface area contributed by atoms with Crippen molar-refractivity contribution in [2.45, 2.75) is 9.79 Å². The molecule has 0 saturated carbocycles. The Morgan fingerprint density at radius 2 is 1.19 bits per heavy atom. The highest BCUT2D eigenvalue weighted by atomic mass is 32.3. The van der Waals surface area contributed by atoms with Gasteiger partial charge in [0.05, 0.1) is 4.90 Å². The summed E-state index contributed by atoms with van der Waals surface area (Å²) in [4.78, 5) is -0.407. The molecule has 0 aliphatic heterocycles. The summed E-state index contributed by atoms with van der Waals surface area (Å²) in [5, 5.41) is 2.58. The van der Waals surface area contributed by atoms with Gasteiger partial charge in [0.1, 0.15) is 4.90 Å². The summed E-state index contributed by atoms with van der Waals surface area (Å²) < 4.78 is 55.3. The molecule has 0 fully saturated rings. The molecule has 136 valence electrons. The molecule has 0 N–H and O–H groups in total. The number of benzene rings is 4. The summed E-state index contributed by atoms with van der Waals surface area (Å²) in [5.41, 5.74) is 0. The number of hydrogen-bond donors (Lipinski definition) is 0. The lowest BCUT2D eigenvalue weighted by Crippen LogP contribution is -2.14. The molecule has 0 radical (unpaired) electrons. The van der Waals surface area contributed by atoms with Gasteiger partial charge in [-0.05, 0) is 34.4 Å². The van der Waals surface area contributed by atoms with Gasteiger partial charge in [-0.25, -0.2) is 0 Å². The van der Waals surface area contributed by atoms with Gasteiger partial charge in [-0.15, -0.1) is 3.63 Å². The molecule has 5 nitrogen and oxygen atoms in total. The first-order valence-electron chi connectivity index (χ1n) is 8.04. The number of hydrogen-bond acceptors (Lipinski definition) is 5. The van der Waals surface area contributed by atoms with Crippen molar-refractivity contribution in [1.82, 2.24) is 0 Å². The minimum absolute atomic E-state index is 0.190. The molecule has 4 rings (SSSR count). The van der Waals surface area contributed by atoms with Crippen LogP contribution in [0.2, 0.25) is 0 Å². The molecule has 0 amide bonds. The molecular formula is C20H14O5S2. The third-order valence-electron chi connectivity index (χ3n) is 4.21. The average Bonchev–Trinajstić information content (AvgIpc) is 2.66. The highest BCUT2D eigenvalue weighted by Crippen LogP contribution is 2.28. The van der Waals surface area contributed by atoms with Gasteiger partial charge in [-0.2, -0.15) is 16.8 Å². The Morgan fingerprint density at radius 3 is 1.96 bits per heavy atom. The van der Waals surface area contributed by atoms with E-state index in [0.29, 0.717) is 16.2 Å². The lowest BCUT2D eigenvalue weighted by Gasteiger charge is -2.09. The van der Waals surface area contributed by atoms with Gasteiger partial charge in [0.2, 0.25) is 0 Å². The Hall–Kier alpha value is -2.74. The standard InChI is InChI=1S/C20H14O5S2/c21-26(22,18-13-12-15-6-1-2-8-17(15)14-18)25-27(23,24)20-11-5-9-16-7-3-4-10-19(16)20/h1-14H. The first-order chi connectivity index (χ1) is 12.9. The molecule has 0 aliphatic rings. The summed E-state index contributed by atoms with van der Waals surface area (Å²) in [6, 6.07) is 22.9. The first kappa shape index (κ1) is 17.7. The van der Waals surface area contributed by atoms with E-state index in [1.54, 1.807) is 54.6 Å². The summed E-state index contributed by atoms with van der Waals surface area (Å²) in [7, 11) is -9.05. The Kier molecular flexibility index (Phi) is 4.22. The van der Waals surface area contributed by atoms with Gasteiger partial charge in [0.25, 0.3) is 0 Å². The molecule has 0 heterocycles. The quantitative estimate of drug-likeness (QED) is 0.517. The van der Waals surface area contributed by atoms with Gasteiger partial charge in [-0.1, -0.05) is 66.7 Å². The predicted molar refractivity (Wildman–Crippen MR) is 103 cm³/mol. The Bertz CT molecular complexity index is 1370. The molecule has 0 saturated heterocycles. The highest BCUT2D eigenvalue weighted by Gasteiger charge is 2.28. The third-order valence-corrected chi connectivity index (χ3v) is 7.37. The van der Waals surface area contributed by atoms with E-state index in [4.69, 9.17) is 3.63 Å². The van der Waals surface area contributed by atoms with Gasteiger partial charge in [0, 0.05) is 5.39 Å². The lowest BCUT2D eigenvalue weighted by atomic mass is 10.1. The van der Waals surface area contributed by atoms with Crippen LogP contribution in [0.15, 0.2) is 94.7 Å². The van der Waals surface area contributed by atoms with Gasteiger partial charge < -0.3 is 0 Å². The zero-order valence-corrected chi connectivity index (χ0v) is 15.6. The van der Waals surface area contributed by atoms with Gasteiger partial charge in [-0.3, -0.25) is 0 Å². The molecule has 0 bridgehead atoms. The molecular weight excluding hydrogens is 384 g/mol. The fraction of sp³-hybridized carbons (Fsp3) is 0. The van der Waals surface area contributed by atoms with Crippen LogP contribution in [-0.2, 0) is 23.9 Å². The number of fused-ring (bicyclic) bond motifs is 2. The van der Waals surface area contributed by atoms with Crippen molar-refractivity contribution in [2.75, 3.05) is 0 Å². The van der Waals surface area contributed by atoms with E-state index in [1.165, 1.54) is 18.2 Å². The molecule has 0 aliphatic carbocycles. The normalized spacial score (nSPS) is 12.4. The monoisotopic (exact) mass is 398 g/mol. The van der Waals surface area contributed by atoms with Crippen LogP contribution in [0.3, 0.4) is 0 Å². The molecule has 4 aromatic rings. The Morgan fingerprint density at radius 1 is 0.556 bits per heavy atom. The molecule has 0 aromatic heterocycles. The van der Waals surface area contributed by atoms with Crippen LogP contribution in [-0.4, -0.2) is 16.8 Å². The van der Waals surface area contributed by atoms with Crippen molar-refractivity contribution < 1.29 is 20.5 Å². The maximum absolute atomic E-state index is 12.7. The van der Waals surface area contributed by atoms with E-state index >= 15 is 0 Å². The van der Waals surface area contributed by atoms with Crippen LogP contribution in [0.5, 0.6) is 0 Å². The minimum atomic E-state index is -4.53. The zero-order valence-electron chi connectivity index (χ0n) is 13.9. The van der Waals surface area contributed by atoms with E-state index in [-0.39, 0.29) is 9.79 Å². The predicted octanol–water partition coefficient (Wildman–Crippen LogP) is 4.09. The summed E-state index contributed by atoms with van der Waals surface area (Å²) >= 11 is 0. The molecule has 0 unspecified atom stereocenters. The lowest BCUT2D eigenvalue weighted by molar-refractivity contribution is 0.462. The smallest absolute Gasteiger partial charge is 0.193 e. The second kappa shape index (κ2) is 6.45. The van der Waals surface area contributed by atoms with Crippen LogP contribution in [0, 0.1) is 0 Å². The van der Waals surface area contributed by atoms with E-state index in [2.05, 4.69) is 0 Å². The van der Waals surface area contributed by atoms with Crippen LogP contribution >= 0.6 is 0 Å². The fourth-order valence-electron chi connectivity index (χ4n) is 2.93. The van der Waals surface area contributed by atoms with Crippen LogP contribution in [0.25, 0.3) is 21.5 Å². The van der Waals surface area contributed by atoms with E-state index in [0.717, 1.165) is 5.39 Å². The largest absolute Gasteiger partial charge is 0.312 e. The number of rotatable bonds is 4. The van der Waals surface area contributed by atoms with E-state index in [9.17, 15) is 16.8 Å². The summed E-state index contributed by atoms with van der Waals surface area (Å²) in [6.45, 7) is 0. The molecule has 0 atom stereocenters. The summed E-state index contributed by atoms with van der Waals surface area (Å²) in [6.07, 6.45) is 0. The fourth-order valence-corrected chi connectivity index (χ4v) is 5.69. The van der Waals surface area contributed by atoms with Crippen LogP contribution in [0.4, 0.5) is 0 Å². The van der Waals surface area contributed by atoms with Crippen molar-refractivity contribution in [3.05, 3.63) is 84.9 Å². The average molecular weight is 398 g/mol. The van der Waals surface area contributed by atoms with Crippen LogP contribution in [0.1, 0.15) is 0 Å². The van der Waals surface area contributed by atoms with Gasteiger partial charge in [0.15, 0.2) is 0 Å². The summed E-state index contributed by atoms with van der Waals surface area (Å²) in [5.74, 6) is 0. The third kappa shape index (κ3) is 3.32.